The van der Waals surface area contributed by atoms with Crippen LogP contribution >= 0.6 is 0 Å². The summed E-state index contributed by atoms with van der Waals surface area (Å²) >= 11 is 0. The fraction of sp³-hybridized carbons (Fsp3) is 0.636. The molecule has 2 saturated heterocycles. The molecule has 1 aromatic carbocycles. The molecule has 2 aromatic rings. The number of nitrogens with zero attached hydrogens (tertiary/aromatic N) is 4. The molecule has 4 bridgehead atoms. The fourth-order valence-corrected chi connectivity index (χ4v) is 9.32. The average Bonchev–Trinajstić information content (AvgIpc) is 3.41. The Morgan fingerprint density at radius 2 is 1.72 bits per heavy atom. The second-order valence-corrected chi connectivity index (χ2v) is 14.1. The molecular weight excluding hydrogens is 603 g/mol. The smallest absolute Gasteiger partial charge is 0.434 e. The number of aromatic nitrogens is 2. The maximum atomic E-state index is 14.4. The molecule has 10 nitrogen and oxygen atoms in total. The molecule has 4 aliphatic carbocycles. The molecule has 0 unspecified atom stereocenters. The molecule has 1 amide bonds. The minimum absolute atomic E-state index is 0.100. The number of likely N-dealkylation sites (tertiary alicyclic amines) is 1. The Bertz CT molecular complexity index is 1510. The zero-order chi connectivity index (χ0) is 31.8. The highest BCUT2D eigenvalue weighted by atomic mass is 19.4. The summed E-state index contributed by atoms with van der Waals surface area (Å²) in [6, 6.07) is 6.09. The SMILES string of the molecule is O=C(NC1(C(=O)O)C2CC3CC(C2)CC1C3)c1cnc(N2CCc3cc(OC4CCN(C5COC5)CC4)ccc32)nc1C(F)(F)F. The van der Waals surface area contributed by atoms with Crippen molar-refractivity contribution in [3.05, 3.63) is 41.2 Å². The maximum absolute atomic E-state index is 14.4. The maximum Gasteiger partial charge on any atom is 0.434 e. The van der Waals surface area contributed by atoms with E-state index in [4.69, 9.17) is 9.47 Å². The first-order valence-corrected chi connectivity index (χ1v) is 16.5. The summed E-state index contributed by atoms with van der Waals surface area (Å²) in [4.78, 5) is 38.4. The fourth-order valence-electron chi connectivity index (χ4n) is 9.32. The predicted octanol–water partition coefficient (Wildman–Crippen LogP) is 4.44. The van der Waals surface area contributed by atoms with E-state index >= 15 is 0 Å². The topological polar surface area (TPSA) is 117 Å². The summed E-state index contributed by atoms with van der Waals surface area (Å²) in [5.74, 6) is -1.47. The largest absolute Gasteiger partial charge is 0.490 e. The molecule has 46 heavy (non-hydrogen) atoms. The Kier molecular flexibility index (Phi) is 7.20. The zero-order valence-electron chi connectivity index (χ0n) is 25.5. The molecule has 0 spiro atoms. The molecule has 4 heterocycles. The Morgan fingerprint density at radius 1 is 1.02 bits per heavy atom. The van der Waals surface area contributed by atoms with Crippen LogP contribution in [0, 0.1) is 23.7 Å². The number of anilines is 2. The van der Waals surface area contributed by atoms with Gasteiger partial charge in [0.15, 0.2) is 5.69 Å². The number of hydrogen-bond acceptors (Lipinski definition) is 8. The molecule has 1 aromatic heterocycles. The lowest BCUT2D eigenvalue weighted by Crippen LogP contribution is -2.70. The van der Waals surface area contributed by atoms with E-state index in [1.54, 1.807) is 4.90 Å². The molecule has 13 heteroatoms. The van der Waals surface area contributed by atoms with Crippen molar-refractivity contribution in [1.82, 2.24) is 20.2 Å². The van der Waals surface area contributed by atoms with Gasteiger partial charge < -0.3 is 24.8 Å². The molecular formula is C33H38F3N5O5. The van der Waals surface area contributed by atoms with Crippen molar-refractivity contribution in [3.63, 3.8) is 0 Å². The lowest BCUT2D eigenvalue weighted by molar-refractivity contribution is -0.163. The first-order valence-electron chi connectivity index (χ1n) is 16.5. The third kappa shape index (κ3) is 5.01. The van der Waals surface area contributed by atoms with E-state index in [-0.39, 0.29) is 23.9 Å². The highest BCUT2D eigenvalue weighted by Crippen LogP contribution is 2.58. The molecule has 246 valence electrons. The van der Waals surface area contributed by atoms with Gasteiger partial charge in [-0.1, -0.05) is 0 Å². The van der Waals surface area contributed by atoms with Crippen LogP contribution in [0.4, 0.5) is 24.8 Å². The first kappa shape index (κ1) is 29.9. The second kappa shape index (κ2) is 11.1. The lowest BCUT2D eigenvalue weighted by atomic mass is 9.48. The predicted molar refractivity (Wildman–Crippen MR) is 159 cm³/mol. The van der Waals surface area contributed by atoms with Gasteiger partial charge in [-0.25, -0.2) is 14.8 Å². The average molecular weight is 642 g/mol. The van der Waals surface area contributed by atoms with Gasteiger partial charge in [-0.2, -0.15) is 13.2 Å². The molecule has 6 fully saturated rings. The molecule has 4 saturated carbocycles. The van der Waals surface area contributed by atoms with Crippen LogP contribution in [0.2, 0.25) is 0 Å². The van der Waals surface area contributed by atoms with Crippen LogP contribution in [0.5, 0.6) is 5.75 Å². The summed E-state index contributed by atoms with van der Waals surface area (Å²) in [5.41, 5.74) is -2.10. The monoisotopic (exact) mass is 641 g/mol. The van der Waals surface area contributed by atoms with Gasteiger partial charge in [-0.3, -0.25) is 9.69 Å². The number of fused-ring (bicyclic) bond motifs is 1. The van der Waals surface area contributed by atoms with Gasteiger partial charge in [0.1, 0.15) is 17.4 Å². The number of carbonyl (C=O) groups excluding carboxylic acids is 1. The molecule has 0 atom stereocenters. The van der Waals surface area contributed by atoms with E-state index in [0.717, 1.165) is 63.1 Å². The number of piperidine rings is 1. The number of alkyl halides is 3. The zero-order valence-corrected chi connectivity index (χ0v) is 25.5. The van der Waals surface area contributed by atoms with Crippen molar-refractivity contribution < 1.29 is 37.3 Å². The van der Waals surface area contributed by atoms with Gasteiger partial charge in [-0.15, -0.1) is 0 Å². The number of halogens is 3. The van der Waals surface area contributed by atoms with Crippen molar-refractivity contribution in [2.75, 3.05) is 37.7 Å². The molecule has 7 aliphatic rings. The Labute approximate surface area is 264 Å². The summed E-state index contributed by atoms with van der Waals surface area (Å²) in [6.07, 6.45) is 2.18. The van der Waals surface area contributed by atoms with Crippen LogP contribution < -0.4 is 15.0 Å². The van der Waals surface area contributed by atoms with Crippen molar-refractivity contribution in [3.8, 4) is 5.75 Å². The van der Waals surface area contributed by atoms with Gasteiger partial charge in [-0.05, 0) is 98.8 Å². The number of hydrogen-bond donors (Lipinski definition) is 2. The molecule has 2 N–H and O–H groups in total. The summed E-state index contributed by atoms with van der Waals surface area (Å²) in [7, 11) is 0. The second-order valence-electron chi connectivity index (χ2n) is 14.1. The summed E-state index contributed by atoms with van der Waals surface area (Å²) in [6.45, 7) is 3.89. The van der Waals surface area contributed by atoms with Crippen molar-refractivity contribution in [1.29, 1.82) is 0 Å². The van der Waals surface area contributed by atoms with Crippen molar-refractivity contribution in [2.45, 2.75) is 75.2 Å². The number of carboxylic acid groups (broad SMARTS) is 1. The van der Waals surface area contributed by atoms with Crippen LogP contribution in [0.3, 0.4) is 0 Å². The number of aliphatic carboxylic acids is 1. The molecule has 0 radical (unpaired) electrons. The number of ether oxygens (including phenoxy) is 2. The van der Waals surface area contributed by atoms with Crippen LogP contribution in [-0.4, -0.2) is 82.4 Å². The first-order chi connectivity index (χ1) is 22.1. The minimum atomic E-state index is -4.95. The van der Waals surface area contributed by atoms with Crippen molar-refractivity contribution >= 4 is 23.5 Å². The van der Waals surface area contributed by atoms with Gasteiger partial charge in [0, 0.05) is 31.5 Å². The van der Waals surface area contributed by atoms with E-state index in [2.05, 4.69) is 20.2 Å². The normalized spacial score (nSPS) is 31.1. The minimum Gasteiger partial charge on any atom is -0.490 e. The van der Waals surface area contributed by atoms with E-state index in [1.807, 2.05) is 18.2 Å². The number of benzene rings is 1. The van der Waals surface area contributed by atoms with Crippen LogP contribution in [0.15, 0.2) is 24.4 Å². The Balaban J connectivity index is 1.00. The van der Waals surface area contributed by atoms with E-state index < -0.39 is 34.8 Å². The van der Waals surface area contributed by atoms with Crippen LogP contribution in [0.25, 0.3) is 0 Å². The Morgan fingerprint density at radius 3 is 2.33 bits per heavy atom. The lowest BCUT2D eigenvalue weighted by Gasteiger charge is -2.59. The highest BCUT2D eigenvalue weighted by Gasteiger charge is 2.62. The van der Waals surface area contributed by atoms with Crippen molar-refractivity contribution in [2.24, 2.45) is 23.7 Å². The van der Waals surface area contributed by atoms with Crippen LogP contribution in [0.1, 0.15) is 66.6 Å². The van der Waals surface area contributed by atoms with Gasteiger partial charge in [0.25, 0.3) is 5.91 Å². The van der Waals surface area contributed by atoms with E-state index in [0.29, 0.717) is 62.2 Å². The van der Waals surface area contributed by atoms with E-state index in [9.17, 15) is 27.9 Å². The quantitative estimate of drug-likeness (QED) is 0.453. The number of carbonyl (C=O) groups is 2. The standard InChI is InChI=1S/C33H38F3N5O5/c34-33(35,36)28-26(29(42)39-32(30(43)44)21-10-18-9-19(12-21)13-22(32)11-18)15-37-31(38-28)41-8-3-20-14-25(1-2-27(20)41)46-24-4-6-40(7-5-24)23-16-45-17-23/h1-2,14-15,18-19,21-24H,3-13,16-17H2,(H,39,42)(H,43,44). The van der Waals surface area contributed by atoms with E-state index in [1.165, 1.54) is 0 Å². The van der Waals surface area contributed by atoms with Gasteiger partial charge in [0.05, 0.1) is 24.8 Å². The third-order valence-electron chi connectivity index (χ3n) is 11.5. The van der Waals surface area contributed by atoms with Crippen LogP contribution in [-0.2, 0) is 22.1 Å². The Hall–Kier alpha value is -3.45. The third-order valence-corrected chi connectivity index (χ3v) is 11.5. The van der Waals surface area contributed by atoms with Gasteiger partial charge in [0.2, 0.25) is 5.95 Å². The molecule has 3 aliphatic heterocycles. The highest BCUT2D eigenvalue weighted by molar-refractivity contribution is 5.99. The number of amides is 1. The number of nitrogens with one attached hydrogen (secondary N) is 1. The number of carboxylic acids is 1. The number of rotatable bonds is 7. The van der Waals surface area contributed by atoms with Gasteiger partial charge >= 0.3 is 12.1 Å². The summed E-state index contributed by atoms with van der Waals surface area (Å²) < 4.78 is 54.9. The summed E-state index contributed by atoms with van der Waals surface area (Å²) in [5, 5.41) is 13.0. The molecule has 9 rings (SSSR count).